The first kappa shape index (κ1) is 14.4. The smallest absolute Gasteiger partial charge is 0.295 e. The maximum absolute atomic E-state index is 13.0. The number of anilines is 1. The van der Waals surface area contributed by atoms with Gasteiger partial charge in [-0.05, 0) is 41.4 Å². The van der Waals surface area contributed by atoms with E-state index in [4.69, 9.17) is 0 Å². The van der Waals surface area contributed by atoms with Crippen LogP contribution in [0, 0.1) is 15.9 Å². The quantitative estimate of drug-likeness (QED) is 0.656. The molecule has 0 radical (unpaired) electrons. The predicted octanol–water partition coefficient (Wildman–Crippen LogP) is 3.12. The summed E-state index contributed by atoms with van der Waals surface area (Å²) in [5, 5.41) is 27.6. The number of hydrogen-bond acceptors (Lipinski definition) is 5. The van der Waals surface area contributed by atoms with Crippen molar-refractivity contribution in [2.24, 2.45) is 0 Å². The maximum Gasteiger partial charge on any atom is 0.295 e. The Balaban J connectivity index is 2.17. The summed E-state index contributed by atoms with van der Waals surface area (Å²) in [5.41, 5.74) is -0.625. The van der Waals surface area contributed by atoms with E-state index in [2.05, 4.69) is 5.32 Å². The van der Waals surface area contributed by atoms with Crippen molar-refractivity contribution in [3.8, 4) is 0 Å². The Morgan fingerprint density at radius 1 is 1.50 bits per heavy atom. The molecular formula is C13H13FN2O3S. The highest BCUT2D eigenvalue weighted by Gasteiger charge is 2.25. The minimum Gasteiger partial charge on any atom is -0.384 e. The molecule has 7 heteroatoms. The molecule has 1 aromatic heterocycles. The van der Waals surface area contributed by atoms with Crippen molar-refractivity contribution in [1.29, 1.82) is 0 Å². The van der Waals surface area contributed by atoms with Crippen LogP contribution >= 0.6 is 11.3 Å². The molecule has 0 spiro atoms. The standard InChI is InChI=1S/C13H13FN2O3S/c1-13(17,9-4-5-20-7-9)8-15-11-3-2-10(14)6-12(11)16(18)19/h2-7,15,17H,8H2,1H3. The second-order valence-corrected chi connectivity index (χ2v) is 5.34. The third-order valence-corrected chi connectivity index (χ3v) is 3.61. The van der Waals surface area contributed by atoms with Crippen molar-refractivity contribution >= 4 is 22.7 Å². The molecule has 0 amide bonds. The van der Waals surface area contributed by atoms with Gasteiger partial charge in [-0.1, -0.05) is 0 Å². The summed E-state index contributed by atoms with van der Waals surface area (Å²) < 4.78 is 13.0. The van der Waals surface area contributed by atoms with Crippen LogP contribution in [0.5, 0.6) is 0 Å². The van der Waals surface area contributed by atoms with Crippen LogP contribution in [0.2, 0.25) is 0 Å². The van der Waals surface area contributed by atoms with Crippen LogP contribution in [0.25, 0.3) is 0 Å². The number of aliphatic hydroxyl groups is 1. The molecule has 0 saturated heterocycles. The molecule has 106 valence electrons. The molecule has 20 heavy (non-hydrogen) atoms. The Labute approximate surface area is 118 Å². The summed E-state index contributed by atoms with van der Waals surface area (Å²) in [6.07, 6.45) is 0. The fraction of sp³-hybridized carbons (Fsp3) is 0.231. The molecule has 0 saturated carbocycles. The van der Waals surface area contributed by atoms with Gasteiger partial charge in [0.2, 0.25) is 0 Å². The number of benzene rings is 1. The molecule has 5 nitrogen and oxygen atoms in total. The van der Waals surface area contributed by atoms with Crippen molar-refractivity contribution < 1.29 is 14.4 Å². The Hall–Kier alpha value is -1.99. The zero-order valence-corrected chi connectivity index (χ0v) is 11.5. The zero-order chi connectivity index (χ0) is 14.8. The van der Waals surface area contributed by atoms with Crippen LogP contribution in [-0.4, -0.2) is 16.6 Å². The second kappa shape index (κ2) is 5.56. The molecule has 0 aliphatic rings. The number of nitro groups is 1. The van der Waals surface area contributed by atoms with Gasteiger partial charge in [0, 0.05) is 6.54 Å². The summed E-state index contributed by atoms with van der Waals surface area (Å²) >= 11 is 1.45. The first-order valence-corrected chi connectivity index (χ1v) is 6.77. The van der Waals surface area contributed by atoms with E-state index >= 15 is 0 Å². The normalized spacial score (nSPS) is 13.8. The number of rotatable bonds is 5. The lowest BCUT2D eigenvalue weighted by Gasteiger charge is -2.23. The minimum absolute atomic E-state index is 0.0796. The molecule has 0 bridgehead atoms. The van der Waals surface area contributed by atoms with Crippen molar-refractivity contribution in [2.75, 3.05) is 11.9 Å². The highest BCUT2D eigenvalue weighted by atomic mass is 32.1. The van der Waals surface area contributed by atoms with E-state index in [0.29, 0.717) is 0 Å². The number of nitro benzene ring substituents is 1. The van der Waals surface area contributed by atoms with Gasteiger partial charge >= 0.3 is 0 Å². The molecule has 1 heterocycles. The molecule has 1 aromatic carbocycles. The second-order valence-electron chi connectivity index (χ2n) is 4.56. The minimum atomic E-state index is -1.16. The fourth-order valence-corrected chi connectivity index (χ4v) is 2.53. The highest BCUT2D eigenvalue weighted by Crippen LogP contribution is 2.28. The lowest BCUT2D eigenvalue weighted by atomic mass is 9.99. The van der Waals surface area contributed by atoms with Gasteiger partial charge in [0.15, 0.2) is 0 Å². The van der Waals surface area contributed by atoms with Crippen molar-refractivity contribution in [2.45, 2.75) is 12.5 Å². The van der Waals surface area contributed by atoms with Crippen molar-refractivity contribution in [3.63, 3.8) is 0 Å². The number of hydrogen-bond donors (Lipinski definition) is 2. The van der Waals surface area contributed by atoms with Crippen LogP contribution in [-0.2, 0) is 5.60 Å². The third kappa shape index (κ3) is 3.12. The SMILES string of the molecule is CC(O)(CNc1ccc(F)cc1[N+](=O)[O-])c1ccsc1. The van der Waals surface area contributed by atoms with Crippen LogP contribution < -0.4 is 5.32 Å². The van der Waals surface area contributed by atoms with Gasteiger partial charge in [-0.25, -0.2) is 4.39 Å². The monoisotopic (exact) mass is 296 g/mol. The van der Waals surface area contributed by atoms with E-state index in [0.717, 1.165) is 17.7 Å². The number of halogens is 1. The predicted molar refractivity (Wildman–Crippen MR) is 75.4 cm³/mol. The van der Waals surface area contributed by atoms with Gasteiger partial charge < -0.3 is 10.4 Å². The molecule has 2 aromatic rings. The maximum atomic E-state index is 13.0. The molecule has 2 rings (SSSR count). The molecule has 0 fully saturated rings. The zero-order valence-electron chi connectivity index (χ0n) is 10.7. The lowest BCUT2D eigenvalue weighted by Crippen LogP contribution is -2.30. The summed E-state index contributed by atoms with van der Waals surface area (Å²) in [5.74, 6) is -0.674. The van der Waals surface area contributed by atoms with E-state index in [1.54, 1.807) is 18.4 Å². The van der Waals surface area contributed by atoms with Crippen LogP contribution in [0.3, 0.4) is 0 Å². The van der Waals surface area contributed by atoms with Crippen molar-refractivity contribution in [3.05, 3.63) is 56.5 Å². The third-order valence-electron chi connectivity index (χ3n) is 2.92. The fourth-order valence-electron chi connectivity index (χ4n) is 1.75. The summed E-state index contributed by atoms with van der Waals surface area (Å²) in [4.78, 5) is 10.2. The molecule has 1 atom stereocenters. The van der Waals surface area contributed by atoms with Crippen molar-refractivity contribution in [1.82, 2.24) is 0 Å². The first-order valence-electron chi connectivity index (χ1n) is 5.83. The van der Waals surface area contributed by atoms with Gasteiger partial charge in [0.05, 0.1) is 11.0 Å². The summed E-state index contributed by atoms with van der Waals surface area (Å²) in [6, 6.07) is 5.05. The Morgan fingerprint density at radius 2 is 2.25 bits per heavy atom. The number of nitrogens with zero attached hydrogens (tertiary/aromatic N) is 1. The van der Waals surface area contributed by atoms with Gasteiger partial charge in [-0.15, -0.1) is 0 Å². The van der Waals surface area contributed by atoms with Crippen LogP contribution in [0.1, 0.15) is 12.5 Å². The number of nitrogens with one attached hydrogen (secondary N) is 1. The molecule has 0 aliphatic carbocycles. The van der Waals surface area contributed by atoms with E-state index in [9.17, 15) is 19.6 Å². The molecular weight excluding hydrogens is 283 g/mol. The van der Waals surface area contributed by atoms with Gasteiger partial charge in [0.1, 0.15) is 17.1 Å². The van der Waals surface area contributed by atoms with Gasteiger partial charge in [-0.3, -0.25) is 10.1 Å². The van der Waals surface area contributed by atoms with Crippen LogP contribution in [0.15, 0.2) is 35.0 Å². The van der Waals surface area contributed by atoms with E-state index in [1.807, 2.05) is 5.38 Å². The van der Waals surface area contributed by atoms with E-state index in [-0.39, 0.29) is 17.9 Å². The molecule has 0 aliphatic heterocycles. The first-order chi connectivity index (χ1) is 9.40. The highest BCUT2D eigenvalue weighted by molar-refractivity contribution is 7.08. The lowest BCUT2D eigenvalue weighted by molar-refractivity contribution is -0.384. The average Bonchev–Trinajstić information content (AvgIpc) is 2.91. The van der Waals surface area contributed by atoms with Gasteiger partial charge in [-0.2, -0.15) is 11.3 Å². The largest absolute Gasteiger partial charge is 0.384 e. The Kier molecular flexibility index (Phi) is 4.01. The molecule has 1 unspecified atom stereocenters. The van der Waals surface area contributed by atoms with Crippen LogP contribution in [0.4, 0.5) is 15.8 Å². The topological polar surface area (TPSA) is 75.4 Å². The summed E-state index contributed by atoms with van der Waals surface area (Å²) in [7, 11) is 0. The van der Waals surface area contributed by atoms with Gasteiger partial charge in [0.25, 0.3) is 5.69 Å². The summed E-state index contributed by atoms with van der Waals surface area (Å²) in [6.45, 7) is 1.69. The van der Waals surface area contributed by atoms with E-state index in [1.165, 1.54) is 17.4 Å². The Morgan fingerprint density at radius 3 is 2.85 bits per heavy atom. The number of thiophene rings is 1. The molecule has 2 N–H and O–H groups in total. The Bertz CT molecular complexity index is 614. The average molecular weight is 296 g/mol. The van der Waals surface area contributed by atoms with E-state index < -0.39 is 16.3 Å².